The fourth-order valence-corrected chi connectivity index (χ4v) is 3.68. The van der Waals surface area contributed by atoms with Gasteiger partial charge >= 0.3 is 0 Å². The minimum absolute atomic E-state index is 0.240. The van der Waals surface area contributed by atoms with E-state index in [0.717, 1.165) is 29.5 Å². The van der Waals surface area contributed by atoms with Crippen LogP contribution in [-0.2, 0) is 12.8 Å². The van der Waals surface area contributed by atoms with Crippen LogP contribution in [0.2, 0.25) is 0 Å². The molecule has 2 aliphatic rings. The summed E-state index contributed by atoms with van der Waals surface area (Å²) in [5.74, 6) is 0.240. The van der Waals surface area contributed by atoms with Gasteiger partial charge in [-0.2, -0.15) is 0 Å². The molecule has 0 atom stereocenters. The van der Waals surface area contributed by atoms with E-state index in [9.17, 15) is 4.79 Å². The monoisotopic (exact) mass is 248 g/mol. The Morgan fingerprint density at radius 2 is 1.58 bits per heavy atom. The Hall–Kier alpha value is -1.89. The van der Waals surface area contributed by atoms with Gasteiger partial charge < -0.3 is 0 Å². The minimum atomic E-state index is 0.240. The zero-order chi connectivity index (χ0) is 13.0. The summed E-state index contributed by atoms with van der Waals surface area (Å²) in [5.41, 5.74) is 8.31. The highest BCUT2D eigenvalue weighted by atomic mass is 16.1. The summed E-state index contributed by atoms with van der Waals surface area (Å²) in [6.07, 6.45) is 4.68. The fraction of sp³-hybridized carbons (Fsp3) is 0.278. The van der Waals surface area contributed by atoms with Gasteiger partial charge in [0.1, 0.15) is 0 Å². The molecule has 0 N–H and O–H groups in total. The van der Waals surface area contributed by atoms with Crippen molar-refractivity contribution in [3.05, 3.63) is 58.1 Å². The van der Waals surface area contributed by atoms with E-state index in [0.29, 0.717) is 0 Å². The van der Waals surface area contributed by atoms with E-state index in [-0.39, 0.29) is 5.78 Å². The highest BCUT2D eigenvalue weighted by Crippen LogP contribution is 2.42. The fourth-order valence-electron chi connectivity index (χ4n) is 3.68. The number of carbonyl (C=O) groups is 1. The van der Waals surface area contributed by atoms with E-state index in [1.165, 1.54) is 35.1 Å². The van der Waals surface area contributed by atoms with Gasteiger partial charge in [0, 0.05) is 11.1 Å². The predicted octanol–water partition coefficient (Wildman–Crippen LogP) is 4.09. The van der Waals surface area contributed by atoms with Gasteiger partial charge in [-0.3, -0.25) is 4.79 Å². The quantitative estimate of drug-likeness (QED) is 0.585. The van der Waals surface area contributed by atoms with Gasteiger partial charge in [-0.05, 0) is 60.4 Å². The molecule has 0 aromatic heterocycles. The lowest BCUT2D eigenvalue weighted by molar-refractivity contribution is 0.104. The summed E-state index contributed by atoms with van der Waals surface area (Å²) in [5, 5.41) is 0. The first kappa shape index (κ1) is 11.0. The standard InChI is InChI=1S/C18H16O/c1-11-10-16-13-7-3-5-9-15(13)18(19)17(16)14-8-4-2-6-12(11)14/h3,5,7,9-10H,2,4,6,8H2,1H3. The van der Waals surface area contributed by atoms with Gasteiger partial charge in [0.05, 0.1) is 0 Å². The molecule has 0 bridgehead atoms. The third kappa shape index (κ3) is 1.39. The Kier molecular flexibility index (Phi) is 2.20. The van der Waals surface area contributed by atoms with Crippen molar-refractivity contribution in [2.45, 2.75) is 32.6 Å². The van der Waals surface area contributed by atoms with Crippen LogP contribution in [0.4, 0.5) is 0 Å². The molecule has 0 radical (unpaired) electrons. The van der Waals surface area contributed by atoms with Crippen molar-refractivity contribution in [1.29, 1.82) is 0 Å². The molecule has 0 aliphatic heterocycles. The molecule has 19 heavy (non-hydrogen) atoms. The molecule has 0 unspecified atom stereocenters. The predicted molar refractivity (Wildman–Crippen MR) is 76.7 cm³/mol. The molecule has 1 nitrogen and oxygen atoms in total. The molecule has 2 aromatic carbocycles. The number of fused-ring (bicyclic) bond motifs is 5. The molecule has 0 amide bonds. The smallest absolute Gasteiger partial charge is 0.194 e. The topological polar surface area (TPSA) is 17.1 Å². The van der Waals surface area contributed by atoms with Gasteiger partial charge in [0.2, 0.25) is 0 Å². The van der Waals surface area contributed by atoms with Crippen LogP contribution < -0.4 is 0 Å². The van der Waals surface area contributed by atoms with Crippen LogP contribution in [-0.4, -0.2) is 5.78 Å². The van der Waals surface area contributed by atoms with E-state index in [1.807, 2.05) is 18.2 Å². The molecule has 94 valence electrons. The molecular formula is C18H16O. The van der Waals surface area contributed by atoms with Gasteiger partial charge in [-0.1, -0.05) is 30.3 Å². The average Bonchev–Trinajstić information content (AvgIpc) is 2.73. The van der Waals surface area contributed by atoms with Crippen molar-refractivity contribution in [2.75, 3.05) is 0 Å². The number of rotatable bonds is 0. The zero-order valence-electron chi connectivity index (χ0n) is 11.1. The van der Waals surface area contributed by atoms with Crippen LogP contribution in [0.25, 0.3) is 11.1 Å². The molecule has 0 heterocycles. The van der Waals surface area contributed by atoms with E-state index < -0.39 is 0 Å². The highest BCUT2D eigenvalue weighted by Gasteiger charge is 2.31. The second-order valence-electron chi connectivity index (χ2n) is 5.65. The lowest BCUT2D eigenvalue weighted by atomic mass is 9.83. The van der Waals surface area contributed by atoms with Crippen molar-refractivity contribution in [2.24, 2.45) is 0 Å². The first-order valence-corrected chi connectivity index (χ1v) is 7.07. The van der Waals surface area contributed by atoms with Crippen LogP contribution in [0, 0.1) is 6.92 Å². The summed E-state index contributed by atoms with van der Waals surface area (Å²) in [6.45, 7) is 2.19. The van der Waals surface area contributed by atoms with Crippen LogP contribution >= 0.6 is 0 Å². The maximum absolute atomic E-state index is 12.7. The van der Waals surface area contributed by atoms with E-state index in [2.05, 4.69) is 19.1 Å². The summed E-state index contributed by atoms with van der Waals surface area (Å²) >= 11 is 0. The Labute approximate surface area is 113 Å². The first-order valence-electron chi connectivity index (χ1n) is 7.07. The molecule has 4 rings (SSSR count). The molecule has 1 heteroatoms. The lowest BCUT2D eigenvalue weighted by Gasteiger charge is -2.21. The number of benzene rings is 2. The highest BCUT2D eigenvalue weighted by molar-refractivity contribution is 6.22. The van der Waals surface area contributed by atoms with Crippen molar-refractivity contribution in [3.63, 3.8) is 0 Å². The second kappa shape index (κ2) is 3.80. The van der Waals surface area contributed by atoms with E-state index in [1.54, 1.807) is 0 Å². The third-order valence-corrected chi connectivity index (χ3v) is 4.56. The maximum Gasteiger partial charge on any atom is 0.194 e. The molecule has 0 fully saturated rings. The number of aryl methyl sites for hydroxylation is 1. The van der Waals surface area contributed by atoms with E-state index in [4.69, 9.17) is 0 Å². The Morgan fingerprint density at radius 3 is 2.37 bits per heavy atom. The third-order valence-electron chi connectivity index (χ3n) is 4.56. The van der Waals surface area contributed by atoms with Gasteiger partial charge in [0.25, 0.3) is 0 Å². The number of hydrogen-bond donors (Lipinski definition) is 0. The average molecular weight is 248 g/mol. The van der Waals surface area contributed by atoms with Crippen molar-refractivity contribution < 1.29 is 4.79 Å². The van der Waals surface area contributed by atoms with Crippen molar-refractivity contribution >= 4 is 5.78 Å². The summed E-state index contributed by atoms with van der Waals surface area (Å²) in [6, 6.07) is 10.2. The SMILES string of the molecule is Cc1cc2c(c3c1CCCC3)C(=O)c1ccccc1-2. The lowest BCUT2D eigenvalue weighted by Crippen LogP contribution is -2.11. The molecule has 0 saturated heterocycles. The molecule has 0 saturated carbocycles. The molecule has 2 aliphatic carbocycles. The van der Waals surface area contributed by atoms with Crippen LogP contribution in [0.5, 0.6) is 0 Å². The van der Waals surface area contributed by atoms with Gasteiger partial charge in [-0.25, -0.2) is 0 Å². The molecule has 2 aromatic rings. The molecular weight excluding hydrogens is 232 g/mol. The molecule has 0 spiro atoms. The van der Waals surface area contributed by atoms with Crippen molar-refractivity contribution in [1.82, 2.24) is 0 Å². The van der Waals surface area contributed by atoms with Crippen LogP contribution in [0.1, 0.15) is 45.5 Å². The summed E-state index contributed by atoms with van der Waals surface area (Å²) in [7, 11) is 0. The summed E-state index contributed by atoms with van der Waals surface area (Å²) < 4.78 is 0. The Bertz CT molecular complexity index is 710. The van der Waals surface area contributed by atoms with Crippen LogP contribution in [0.15, 0.2) is 30.3 Å². The minimum Gasteiger partial charge on any atom is -0.289 e. The largest absolute Gasteiger partial charge is 0.289 e. The normalized spacial score (nSPS) is 15.9. The summed E-state index contributed by atoms with van der Waals surface area (Å²) in [4.78, 5) is 12.7. The Balaban J connectivity index is 2.08. The van der Waals surface area contributed by atoms with Gasteiger partial charge in [-0.15, -0.1) is 0 Å². The number of hydrogen-bond acceptors (Lipinski definition) is 1. The van der Waals surface area contributed by atoms with Crippen LogP contribution in [0.3, 0.4) is 0 Å². The second-order valence-corrected chi connectivity index (χ2v) is 5.65. The first-order chi connectivity index (χ1) is 9.27. The van der Waals surface area contributed by atoms with E-state index >= 15 is 0 Å². The zero-order valence-corrected chi connectivity index (χ0v) is 11.1. The van der Waals surface area contributed by atoms with Crippen molar-refractivity contribution in [3.8, 4) is 11.1 Å². The number of carbonyl (C=O) groups excluding carboxylic acids is 1. The number of ketones is 1. The van der Waals surface area contributed by atoms with Gasteiger partial charge in [0.15, 0.2) is 5.78 Å². The maximum atomic E-state index is 12.7. The Morgan fingerprint density at radius 1 is 0.895 bits per heavy atom.